The van der Waals surface area contributed by atoms with E-state index in [1.807, 2.05) is 6.92 Å². The molecule has 0 bridgehead atoms. The average Bonchev–Trinajstić information content (AvgIpc) is 2.74. The fraction of sp³-hybridized carbons (Fsp3) is 0.333. The Morgan fingerprint density at radius 2 is 2.14 bits per heavy atom. The summed E-state index contributed by atoms with van der Waals surface area (Å²) in [4.78, 5) is 40.5. The highest BCUT2D eigenvalue weighted by Crippen LogP contribution is 2.25. The third-order valence-corrected chi connectivity index (χ3v) is 3.19. The molecule has 110 valence electrons. The molecule has 1 aliphatic rings. The lowest BCUT2D eigenvalue weighted by molar-refractivity contribution is -0.141. The number of pyridine rings is 1. The number of anilines is 1. The first-order valence-electron chi connectivity index (χ1n) is 6.59. The SMILES string of the molecule is COC(=O)CC(C)CC1=CC(=O)N(c2ccccn2)C1=O. The first-order chi connectivity index (χ1) is 10.0. The summed E-state index contributed by atoms with van der Waals surface area (Å²) < 4.78 is 4.59. The highest BCUT2D eigenvalue weighted by Gasteiger charge is 2.33. The summed E-state index contributed by atoms with van der Waals surface area (Å²) in [5.74, 6) is -0.889. The van der Waals surface area contributed by atoms with E-state index in [2.05, 4.69) is 9.72 Å². The van der Waals surface area contributed by atoms with Gasteiger partial charge in [-0.1, -0.05) is 13.0 Å². The van der Waals surface area contributed by atoms with E-state index in [4.69, 9.17) is 0 Å². The van der Waals surface area contributed by atoms with Gasteiger partial charge in [0.2, 0.25) is 0 Å². The molecule has 0 saturated carbocycles. The second-order valence-corrected chi connectivity index (χ2v) is 4.93. The van der Waals surface area contributed by atoms with Gasteiger partial charge >= 0.3 is 5.97 Å². The Morgan fingerprint density at radius 3 is 2.76 bits per heavy atom. The number of carbonyl (C=O) groups is 3. The monoisotopic (exact) mass is 288 g/mol. The van der Waals surface area contributed by atoms with Gasteiger partial charge in [-0.15, -0.1) is 0 Å². The fourth-order valence-electron chi connectivity index (χ4n) is 2.18. The lowest BCUT2D eigenvalue weighted by Crippen LogP contribution is -2.31. The smallest absolute Gasteiger partial charge is 0.305 e. The van der Waals surface area contributed by atoms with Gasteiger partial charge < -0.3 is 4.74 Å². The van der Waals surface area contributed by atoms with Crippen molar-refractivity contribution in [3.05, 3.63) is 36.0 Å². The first kappa shape index (κ1) is 14.9. The maximum absolute atomic E-state index is 12.3. The number of nitrogens with zero attached hydrogens (tertiary/aromatic N) is 2. The number of hydrogen-bond acceptors (Lipinski definition) is 5. The molecule has 0 aromatic carbocycles. The molecule has 6 heteroatoms. The van der Waals surface area contributed by atoms with E-state index in [1.54, 1.807) is 18.2 Å². The molecule has 0 spiro atoms. The highest BCUT2D eigenvalue weighted by molar-refractivity contribution is 6.30. The van der Waals surface area contributed by atoms with Gasteiger partial charge in [0.25, 0.3) is 11.8 Å². The van der Waals surface area contributed by atoms with Gasteiger partial charge in [-0.05, 0) is 24.5 Å². The van der Waals surface area contributed by atoms with Crippen molar-refractivity contribution >= 4 is 23.6 Å². The van der Waals surface area contributed by atoms with Crippen LogP contribution >= 0.6 is 0 Å². The van der Waals surface area contributed by atoms with Crippen molar-refractivity contribution < 1.29 is 19.1 Å². The Kier molecular flexibility index (Phi) is 4.47. The van der Waals surface area contributed by atoms with E-state index in [0.29, 0.717) is 17.8 Å². The zero-order chi connectivity index (χ0) is 15.4. The van der Waals surface area contributed by atoms with Crippen LogP contribution in [0.25, 0.3) is 0 Å². The topological polar surface area (TPSA) is 76.6 Å². The fourth-order valence-corrected chi connectivity index (χ4v) is 2.18. The molecule has 0 N–H and O–H groups in total. The van der Waals surface area contributed by atoms with E-state index in [0.717, 1.165) is 4.90 Å². The van der Waals surface area contributed by atoms with Gasteiger partial charge in [0.15, 0.2) is 0 Å². The van der Waals surface area contributed by atoms with Crippen LogP contribution in [-0.2, 0) is 19.1 Å². The van der Waals surface area contributed by atoms with Crippen molar-refractivity contribution in [1.82, 2.24) is 4.98 Å². The quantitative estimate of drug-likeness (QED) is 0.605. The summed E-state index contributed by atoms with van der Waals surface area (Å²) in [6, 6.07) is 5.02. The third-order valence-electron chi connectivity index (χ3n) is 3.19. The van der Waals surface area contributed by atoms with Crippen molar-refractivity contribution in [3.8, 4) is 0 Å². The molecule has 1 atom stereocenters. The van der Waals surface area contributed by atoms with Crippen LogP contribution < -0.4 is 4.90 Å². The minimum Gasteiger partial charge on any atom is -0.469 e. The number of rotatable bonds is 5. The van der Waals surface area contributed by atoms with Crippen LogP contribution in [0.4, 0.5) is 5.82 Å². The number of imide groups is 1. The van der Waals surface area contributed by atoms with Crippen molar-refractivity contribution in [1.29, 1.82) is 0 Å². The van der Waals surface area contributed by atoms with Crippen LogP contribution in [0.3, 0.4) is 0 Å². The van der Waals surface area contributed by atoms with Crippen LogP contribution in [0, 0.1) is 5.92 Å². The molecule has 21 heavy (non-hydrogen) atoms. The number of ether oxygens (including phenoxy) is 1. The summed E-state index contributed by atoms with van der Waals surface area (Å²) >= 11 is 0. The Bertz CT molecular complexity index is 595. The van der Waals surface area contributed by atoms with Crippen LogP contribution in [0.15, 0.2) is 36.0 Å². The van der Waals surface area contributed by atoms with Crippen LogP contribution in [0.2, 0.25) is 0 Å². The van der Waals surface area contributed by atoms with E-state index in [9.17, 15) is 14.4 Å². The van der Waals surface area contributed by atoms with Crippen molar-refractivity contribution in [2.75, 3.05) is 12.0 Å². The molecule has 2 amide bonds. The molecule has 1 aliphatic heterocycles. The normalized spacial score (nSPS) is 15.9. The Hall–Kier alpha value is -2.50. The maximum atomic E-state index is 12.3. The van der Waals surface area contributed by atoms with Gasteiger partial charge in [-0.25, -0.2) is 9.88 Å². The minimum atomic E-state index is -0.404. The van der Waals surface area contributed by atoms with Gasteiger partial charge in [0, 0.05) is 24.3 Å². The molecule has 1 aromatic heterocycles. The molecule has 1 aromatic rings. The van der Waals surface area contributed by atoms with Crippen molar-refractivity contribution in [2.45, 2.75) is 19.8 Å². The molecular formula is C15H16N2O4. The van der Waals surface area contributed by atoms with Gasteiger partial charge in [-0.3, -0.25) is 14.4 Å². The number of carbonyl (C=O) groups excluding carboxylic acids is 3. The summed E-state index contributed by atoms with van der Waals surface area (Å²) in [6.07, 6.45) is 3.39. The number of aromatic nitrogens is 1. The van der Waals surface area contributed by atoms with E-state index < -0.39 is 5.91 Å². The molecular weight excluding hydrogens is 272 g/mol. The molecule has 6 nitrogen and oxygen atoms in total. The molecule has 0 fully saturated rings. The second-order valence-electron chi connectivity index (χ2n) is 4.93. The molecule has 0 radical (unpaired) electrons. The number of hydrogen-bond donors (Lipinski definition) is 0. The first-order valence-corrected chi connectivity index (χ1v) is 6.59. The molecule has 1 unspecified atom stereocenters. The molecule has 2 rings (SSSR count). The summed E-state index contributed by atoms with van der Waals surface area (Å²) in [7, 11) is 1.32. The lowest BCUT2D eigenvalue weighted by Gasteiger charge is -2.14. The Balaban J connectivity index is 2.07. The standard InChI is InChI=1S/C15H16N2O4/c1-10(8-14(19)21-2)7-11-9-13(18)17(15(11)20)12-5-3-4-6-16-12/h3-6,9-10H,7-8H2,1-2H3. The third kappa shape index (κ3) is 3.34. The van der Waals surface area contributed by atoms with Crippen molar-refractivity contribution in [2.24, 2.45) is 5.92 Å². The van der Waals surface area contributed by atoms with E-state index in [1.165, 1.54) is 19.4 Å². The second kappa shape index (κ2) is 6.30. The lowest BCUT2D eigenvalue weighted by atomic mass is 9.98. The van der Waals surface area contributed by atoms with Gasteiger partial charge in [-0.2, -0.15) is 0 Å². The number of esters is 1. The molecule has 0 aliphatic carbocycles. The van der Waals surface area contributed by atoms with Gasteiger partial charge in [0.1, 0.15) is 5.82 Å². The summed E-state index contributed by atoms with van der Waals surface area (Å²) in [5, 5.41) is 0. The van der Waals surface area contributed by atoms with Crippen LogP contribution in [0.5, 0.6) is 0 Å². The van der Waals surface area contributed by atoms with Gasteiger partial charge in [0.05, 0.1) is 7.11 Å². The van der Waals surface area contributed by atoms with E-state index in [-0.39, 0.29) is 24.2 Å². The average molecular weight is 288 g/mol. The van der Waals surface area contributed by atoms with Crippen LogP contribution in [-0.4, -0.2) is 29.9 Å². The zero-order valence-electron chi connectivity index (χ0n) is 11.9. The minimum absolute atomic E-state index is 0.0795. The molecule has 0 saturated heterocycles. The van der Waals surface area contributed by atoms with Crippen LogP contribution in [0.1, 0.15) is 19.8 Å². The summed E-state index contributed by atoms with van der Waals surface area (Å²) in [6.45, 7) is 1.83. The maximum Gasteiger partial charge on any atom is 0.305 e. The Morgan fingerprint density at radius 1 is 1.38 bits per heavy atom. The Labute approximate surface area is 122 Å². The highest BCUT2D eigenvalue weighted by atomic mass is 16.5. The zero-order valence-corrected chi connectivity index (χ0v) is 11.9. The van der Waals surface area contributed by atoms with E-state index >= 15 is 0 Å². The largest absolute Gasteiger partial charge is 0.469 e. The summed E-state index contributed by atoms with van der Waals surface area (Å²) in [5.41, 5.74) is 0.391. The van der Waals surface area contributed by atoms with Crippen molar-refractivity contribution in [3.63, 3.8) is 0 Å². The number of methoxy groups -OCH3 is 1. The predicted octanol–water partition coefficient (Wildman–Crippen LogP) is 1.47. The number of amides is 2. The predicted molar refractivity (Wildman–Crippen MR) is 75.2 cm³/mol. The molecule has 2 heterocycles.